The van der Waals surface area contributed by atoms with Gasteiger partial charge in [-0.05, 0) is 70.2 Å². The molecule has 6 rings (SSSR count). The third-order valence-corrected chi connectivity index (χ3v) is 9.02. The van der Waals surface area contributed by atoms with Gasteiger partial charge in [0.15, 0.2) is 0 Å². The Morgan fingerprint density at radius 2 is 0.676 bits per heavy atom. The molecule has 4 aromatic rings. The Bertz CT molecular complexity index is 1150. The van der Waals surface area contributed by atoms with Crippen LogP contribution in [-0.2, 0) is 10.8 Å². The number of benzene rings is 4. The molecule has 0 nitrogen and oxygen atoms in total. The molecule has 0 heteroatoms. The molecule has 2 aliphatic rings. The average Bonchev–Trinajstić information content (AvgIpc) is 3.35. The molecule has 0 heterocycles. The van der Waals surface area contributed by atoms with Crippen molar-refractivity contribution in [2.45, 2.75) is 63.2 Å². The monoisotopic (exact) mass is 442 g/mol. The maximum atomic E-state index is 2.38. The van der Waals surface area contributed by atoms with Gasteiger partial charge in [0.1, 0.15) is 0 Å². The van der Waals surface area contributed by atoms with E-state index in [1.807, 2.05) is 0 Å². The summed E-state index contributed by atoms with van der Waals surface area (Å²) in [7, 11) is 0. The highest BCUT2D eigenvalue weighted by molar-refractivity contribution is 5.82. The molecule has 0 saturated carbocycles. The first-order valence-electron chi connectivity index (χ1n) is 13.1. The molecule has 0 amide bonds. The predicted molar refractivity (Wildman–Crippen MR) is 144 cm³/mol. The van der Waals surface area contributed by atoms with Gasteiger partial charge in [-0.2, -0.15) is 0 Å². The summed E-state index contributed by atoms with van der Waals surface area (Å²) in [5.74, 6) is 0. The van der Waals surface area contributed by atoms with Gasteiger partial charge in [0.2, 0.25) is 0 Å². The maximum absolute atomic E-state index is 2.38. The van der Waals surface area contributed by atoms with Gasteiger partial charge in [-0.3, -0.25) is 0 Å². The molecule has 0 spiro atoms. The van der Waals surface area contributed by atoms with Crippen molar-refractivity contribution in [3.63, 3.8) is 0 Å². The van der Waals surface area contributed by atoms with E-state index in [9.17, 15) is 0 Å². The van der Waals surface area contributed by atoms with E-state index < -0.39 is 0 Å². The summed E-state index contributed by atoms with van der Waals surface area (Å²) in [5, 5.41) is 0. The highest BCUT2D eigenvalue weighted by atomic mass is 14.5. The lowest BCUT2D eigenvalue weighted by molar-refractivity contribution is 0.397. The van der Waals surface area contributed by atoms with E-state index in [-0.39, 0.29) is 10.8 Å². The smallest absolute Gasteiger partial charge is 0.0212 e. The normalized spacial score (nSPS) is 15.9. The number of fused-ring (bicyclic) bond motifs is 6. The third-order valence-electron chi connectivity index (χ3n) is 9.02. The largest absolute Gasteiger partial charge is 0.0642 e. The lowest BCUT2D eigenvalue weighted by atomic mass is 9.70. The second-order valence-electron chi connectivity index (χ2n) is 10.3. The zero-order chi connectivity index (χ0) is 23.2. The molecular formula is C34H34. The van der Waals surface area contributed by atoms with Crippen molar-refractivity contribution in [1.82, 2.24) is 0 Å². The Morgan fingerprint density at radius 1 is 0.412 bits per heavy atom. The van der Waals surface area contributed by atoms with Gasteiger partial charge in [-0.25, -0.2) is 0 Å². The van der Waals surface area contributed by atoms with E-state index in [0.29, 0.717) is 0 Å². The minimum Gasteiger partial charge on any atom is -0.0642 e. The lowest BCUT2D eigenvalue weighted by Crippen LogP contribution is -2.26. The summed E-state index contributed by atoms with van der Waals surface area (Å²) in [4.78, 5) is 0. The van der Waals surface area contributed by atoms with Gasteiger partial charge < -0.3 is 0 Å². The fraction of sp³-hybridized carbons (Fsp3) is 0.294. The molecule has 0 unspecified atom stereocenters. The standard InChI is InChI=1S/C34H34/c1-3-33(29-19-9-5-15-25(29)26-16-6-10-20-30(26)33)23-13-14-24-34(4-2)31-21-11-7-17-27(31)28-18-8-12-22-32(28)34/h5-12,15-22H,3-4,13-14,23-24H2,1-2H3. The summed E-state index contributed by atoms with van der Waals surface area (Å²) in [6.45, 7) is 4.77. The predicted octanol–water partition coefficient (Wildman–Crippen LogP) is 9.30. The van der Waals surface area contributed by atoms with Crippen LogP contribution in [0.2, 0.25) is 0 Å². The quantitative estimate of drug-likeness (QED) is 0.250. The molecule has 34 heavy (non-hydrogen) atoms. The number of hydrogen-bond donors (Lipinski definition) is 0. The van der Waals surface area contributed by atoms with Crippen LogP contribution < -0.4 is 0 Å². The summed E-state index contributed by atoms with van der Waals surface area (Å²) >= 11 is 0. The Kier molecular flexibility index (Phi) is 5.21. The summed E-state index contributed by atoms with van der Waals surface area (Å²) < 4.78 is 0. The van der Waals surface area contributed by atoms with Crippen molar-refractivity contribution in [1.29, 1.82) is 0 Å². The highest BCUT2D eigenvalue weighted by Gasteiger charge is 2.43. The topological polar surface area (TPSA) is 0 Å². The van der Waals surface area contributed by atoms with Gasteiger partial charge in [0, 0.05) is 10.8 Å². The van der Waals surface area contributed by atoms with Gasteiger partial charge in [0.25, 0.3) is 0 Å². The Morgan fingerprint density at radius 3 is 0.941 bits per heavy atom. The van der Waals surface area contributed by atoms with E-state index in [0.717, 1.165) is 12.8 Å². The SMILES string of the molecule is CCC1(CCCCC2(CC)c3ccccc3-c3ccccc32)c2ccccc2-c2ccccc21. The number of hydrogen-bond acceptors (Lipinski definition) is 0. The summed E-state index contributed by atoms with van der Waals surface area (Å²) in [6.07, 6.45) is 7.27. The Hall–Kier alpha value is -3.12. The first-order valence-corrected chi connectivity index (χ1v) is 13.1. The van der Waals surface area contributed by atoms with Crippen LogP contribution in [-0.4, -0.2) is 0 Å². The van der Waals surface area contributed by atoms with Gasteiger partial charge >= 0.3 is 0 Å². The molecular weight excluding hydrogens is 408 g/mol. The van der Waals surface area contributed by atoms with Crippen molar-refractivity contribution in [2.24, 2.45) is 0 Å². The van der Waals surface area contributed by atoms with Crippen molar-refractivity contribution >= 4 is 0 Å². The van der Waals surface area contributed by atoms with Crippen LogP contribution >= 0.6 is 0 Å². The number of unbranched alkanes of at least 4 members (excludes halogenated alkanes) is 1. The fourth-order valence-electron chi connectivity index (χ4n) is 7.34. The number of rotatable bonds is 7. The molecule has 0 N–H and O–H groups in total. The van der Waals surface area contributed by atoms with Crippen molar-refractivity contribution < 1.29 is 0 Å². The second kappa shape index (κ2) is 8.27. The Balaban J connectivity index is 1.29. The zero-order valence-electron chi connectivity index (χ0n) is 20.5. The van der Waals surface area contributed by atoms with Crippen molar-refractivity contribution in [3.05, 3.63) is 119 Å². The Labute approximate surface area is 204 Å². The first kappa shape index (κ1) is 21.4. The van der Waals surface area contributed by atoms with Crippen LogP contribution in [0, 0.1) is 0 Å². The van der Waals surface area contributed by atoms with Crippen LogP contribution in [0.3, 0.4) is 0 Å². The minimum atomic E-state index is 0.151. The molecule has 0 aliphatic heterocycles. The van der Waals surface area contributed by atoms with E-state index in [1.165, 1.54) is 47.9 Å². The molecule has 0 saturated heterocycles. The summed E-state index contributed by atoms with van der Waals surface area (Å²) in [5.41, 5.74) is 12.3. The average molecular weight is 443 g/mol. The third kappa shape index (κ3) is 2.91. The van der Waals surface area contributed by atoms with Gasteiger partial charge in [-0.15, -0.1) is 0 Å². The maximum Gasteiger partial charge on any atom is 0.0212 e. The van der Waals surface area contributed by atoms with E-state index in [2.05, 4.69) is 111 Å². The minimum absolute atomic E-state index is 0.151. The van der Waals surface area contributed by atoms with E-state index in [1.54, 1.807) is 22.3 Å². The molecule has 2 aliphatic carbocycles. The lowest BCUT2D eigenvalue weighted by Gasteiger charge is -2.33. The van der Waals surface area contributed by atoms with Crippen molar-refractivity contribution in [2.75, 3.05) is 0 Å². The zero-order valence-corrected chi connectivity index (χ0v) is 20.5. The van der Waals surface area contributed by atoms with Crippen molar-refractivity contribution in [3.8, 4) is 22.3 Å². The first-order chi connectivity index (χ1) is 16.7. The molecule has 0 atom stereocenters. The van der Waals surface area contributed by atoms with Crippen LogP contribution in [0.15, 0.2) is 97.1 Å². The van der Waals surface area contributed by atoms with Gasteiger partial charge in [-0.1, -0.05) is 124 Å². The van der Waals surface area contributed by atoms with Crippen LogP contribution in [0.25, 0.3) is 22.3 Å². The van der Waals surface area contributed by atoms with E-state index in [4.69, 9.17) is 0 Å². The highest BCUT2D eigenvalue weighted by Crippen LogP contribution is 2.55. The molecule has 4 aromatic carbocycles. The molecule has 0 aromatic heterocycles. The molecule has 0 radical (unpaired) electrons. The molecule has 0 bridgehead atoms. The fourth-order valence-corrected chi connectivity index (χ4v) is 7.34. The summed E-state index contributed by atoms with van der Waals surface area (Å²) in [6, 6.07) is 36.5. The van der Waals surface area contributed by atoms with Crippen LogP contribution in [0.4, 0.5) is 0 Å². The molecule has 0 fully saturated rings. The second-order valence-corrected chi connectivity index (χ2v) is 10.3. The van der Waals surface area contributed by atoms with E-state index >= 15 is 0 Å². The molecule has 170 valence electrons. The van der Waals surface area contributed by atoms with Gasteiger partial charge in [0.05, 0.1) is 0 Å². The van der Waals surface area contributed by atoms with Crippen LogP contribution in [0.1, 0.15) is 74.6 Å². The van der Waals surface area contributed by atoms with Crippen LogP contribution in [0.5, 0.6) is 0 Å².